The van der Waals surface area contributed by atoms with E-state index in [2.05, 4.69) is 42.0 Å². The van der Waals surface area contributed by atoms with E-state index in [0.29, 0.717) is 18.8 Å². The highest BCUT2D eigenvalue weighted by molar-refractivity contribution is 9.10. The van der Waals surface area contributed by atoms with E-state index >= 15 is 0 Å². The number of hydrogen-bond acceptors (Lipinski definition) is 3. The van der Waals surface area contributed by atoms with Crippen molar-refractivity contribution in [3.8, 4) is 5.75 Å². The lowest BCUT2D eigenvalue weighted by Crippen LogP contribution is -2.41. The molecule has 0 saturated heterocycles. The van der Waals surface area contributed by atoms with E-state index in [0.717, 1.165) is 4.47 Å². The van der Waals surface area contributed by atoms with Crippen LogP contribution in [0.3, 0.4) is 0 Å². The highest BCUT2D eigenvalue weighted by Gasteiger charge is 2.38. The van der Waals surface area contributed by atoms with Crippen LogP contribution in [0, 0.1) is 0 Å². The van der Waals surface area contributed by atoms with Crippen molar-refractivity contribution in [2.45, 2.75) is 45.2 Å². The molecule has 152 valence electrons. The van der Waals surface area contributed by atoms with Crippen molar-refractivity contribution in [1.29, 1.82) is 0 Å². The highest BCUT2D eigenvalue weighted by atomic mass is 79.9. The zero-order valence-corrected chi connectivity index (χ0v) is 17.1. The second-order valence-corrected chi connectivity index (χ2v) is 7.81. The molecule has 27 heavy (non-hydrogen) atoms. The first-order valence-electron chi connectivity index (χ1n) is 8.46. The van der Waals surface area contributed by atoms with Crippen LogP contribution < -0.4 is 15.4 Å². The number of benzene rings is 1. The summed E-state index contributed by atoms with van der Waals surface area (Å²) in [6.07, 6.45) is -4.29. The van der Waals surface area contributed by atoms with E-state index in [1.54, 1.807) is 5.32 Å². The molecule has 2 amide bonds. The third kappa shape index (κ3) is 8.64. The average Bonchev–Trinajstić information content (AvgIpc) is 2.54. The number of alkyl halides is 3. The maximum absolute atomic E-state index is 12.0. The first-order chi connectivity index (χ1) is 12.4. The topological polar surface area (TPSA) is 67.4 Å². The summed E-state index contributed by atoms with van der Waals surface area (Å²) < 4.78 is 42.4. The van der Waals surface area contributed by atoms with Crippen LogP contribution in [-0.2, 0) is 15.0 Å². The summed E-state index contributed by atoms with van der Waals surface area (Å²) in [7, 11) is 0. The average molecular weight is 453 g/mol. The molecule has 0 spiro atoms. The zero-order chi connectivity index (χ0) is 20.7. The molecular formula is C18H24BrF3N2O3. The monoisotopic (exact) mass is 452 g/mol. The van der Waals surface area contributed by atoms with Crippen molar-refractivity contribution in [1.82, 2.24) is 10.6 Å². The Hall–Kier alpha value is -1.77. The van der Waals surface area contributed by atoms with Gasteiger partial charge >= 0.3 is 12.1 Å². The lowest BCUT2D eigenvalue weighted by Gasteiger charge is -2.20. The fraction of sp³-hybridized carbons (Fsp3) is 0.556. The highest BCUT2D eigenvalue weighted by Crippen LogP contribution is 2.31. The van der Waals surface area contributed by atoms with Crippen LogP contribution >= 0.6 is 15.9 Å². The summed E-state index contributed by atoms with van der Waals surface area (Å²) in [5.41, 5.74) is 1.19. The molecular weight excluding hydrogens is 429 g/mol. The zero-order valence-electron chi connectivity index (χ0n) is 15.5. The molecule has 0 bridgehead atoms. The van der Waals surface area contributed by atoms with Gasteiger partial charge < -0.3 is 15.4 Å². The molecule has 0 saturated carbocycles. The van der Waals surface area contributed by atoms with Crippen LogP contribution in [0.2, 0.25) is 0 Å². The van der Waals surface area contributed by atoms with Gasteiger partial charge in [0.15, 0.2) is 0 Å². The summed E-state index contributed by atoms with van der Waals surface area (Å²) in [6.45, 7) is 6.31. The lowest BCUT2D eigenvalue weighted by molar-refractivity contribution is -0.173. The van der Waals surface area contributed by atoms with Gasteiger partial charge in [-0.25, -0.2) is 0 Å². The smallest absolute Gasteiger partial charge is 0.471 e. The molecule has 0 unspecified atom stereocenters. The molecule has 5 nitrogen and oxygen atoms in total. The normalized spacial score (nSPS) is 11.8. The summed E-state index contributed by atoms with van der Waals surface area (Å²) >= 11 is 3.47. The fourth-order valence-corrected chi connectivity index (χ4v) is 2.56. The lowest BCUT2D eigenvalue weighted by atomic mass is 9.87. The van der Waals surface area contributed by atoms with Crippen LogP contribution in [0.25, 0.3) is 0 Å². The van der Waals surface area contributed by atoms with Crippen LogP contribution in [0.15, 0.2) is 22.7 Å². The van der Waals surface area contributed by atoms with E-state index in [-0.39, 0.29) is 30.8 Å². The van der Waals surface area contributed by atoms with Crippen molar-refractivity contribution >= 4 is 27.7 Å². The van der Waals surface area contributed by atoms with Crippen LogP contribution in [0.4, 0.5) is 13.2 Å². The van der Waals surface area contributed by atoms with Crippen molar-refractivity contribution in [3.05, 3.63) is 28.2 Å². The number of rotatable bonds is 8. The van der Waals surface area contributed by atoms with Crippen LogP contribution in [0.1, 0.15) is 39.2 Å². The predicted octanol–water partition coefficient (Wildman–Crippen LogP) is 3.70. The SMILES string of the molecule is CC(C)(C)c1ccc(OCCCC(=O)NCCNC(=O)C(F)(F)F)c(Br)c1. The molecule has 9 heteroatoms. The van der Waals surface area contributed by atoms with Gasteiger partial charge in [0.1, 0.15) is 5.75 Å². The van der Waals surface area contributed by atoms with Gasteiger partial charge in [0.2, 0.25) is 5.91 Å². The molecule has 0 aliphatic carbocycles. The Bertz CT molecular complexity index is 658. The standard InChI is InChI=1S/C18H24BrF3N2O3/c1-17(2,3)12-6-7-14(13(19)11-12)27-10-4-5-15(25)23-8-9-24-16(26)18(20,21)22/h6-7,11H,4-5,8-10H2,1-3H3,(H,23,25)(H,24,26). The largest absolute Gasteiger partial charge is 0.492 e. The molecule has 1 rings (SSSR count). The van der Waals surface area contributed by atoms with Gasteiger partial charge in [-0.1, -0.05) is 26.8 Å². The third-order valence-corrected chi connectivity index (χ3v) is 4.21. The summed E-state index contributed by atoms with van der Waals surface area (Å²) in [6, 6.07) is 5.85. The van der Waals surface area contributed by atoms with E-state index in [1.807, 2.05) is 18.2 Å². The van der Waals surface area contributed by atoms with Crippen molar-refractivity contribution < 1.29 is 27.5 Å². The Morgan fingerprint density at radius 1 is 1.11 bits per heavy atom. The van der Waals surface area contributed by atoms with Gasteiger partial charge in [0, 0.05) is 19.5 Å². The molecule has 0 aromatic heterocycles. The van der Waals surface area contributed by atoms with Crippen molar-refractivity contribution in [3.63, 3.8) is 0 Å². The molecule has 2 N–H and O–H groups in total. The second kappa shape index (κ2) is 9.96. The van der Waals surface area contributed by atoms with Gasteiger partial charge in [0.25, 0.3) is 0 Å². The number of carbonyl (C=O) groups excluding carboxylic acids is 2. The number of nitrogens with one attached hydrogen (secondary N) is 2. The molecule has 1 aromatic rings. The summed E-state index contributed by atoms with van der Waals surface area (Å²) in [5, 5.41) is 4.12. The third-order valence-electron chi connectivity index (χ3n) is 3.59. The van der Waals surface area contributed by atoms with Crippen molar-refractivity contribution in [2.75, 3.05) is 19.7 Å². The first-order valence-corrected chi connectivity index (χ1v) is 9.25. The minimum absolute atomic E-state index is 0.0265. The Morgan fingerprint density at radius 3 is 2.30 bits per heavy atom. The van der Waals surface area contributed by atoms with Gasteiger partial charge in [-0.2, -0.15) is 13.2 Å². The number of halogens is 4. The molecule has 0 atom stereocenters. The molecule has 1 aromatic carbocycles. The quantitative estimate of drug-likeness (QED) is 0.590. The Kier molecular flexibility index (Phi) is 8.59. The number of amides is 2. The second-order valence-electron chi connectivity index (χ2n) is 6.95. The molecule has 0 aliphatic heterocycles. The van der Waals surface area contributed by atoms with Gasteiger partial charge in [-0.3, -0.25) is 9.59 Å². The minimum Gasteiger partial charge on any atom is -0.492 e. The molecule has 0 radical (unpaired) electrons. The van der Waals surface area contributed by atoms with Gasteiger partial charge in [-0.15, -0.1) is 0 Å². The molecule has 0 aliphatic rings. The fourth-order valence-electron chi connectivity index (χ4n) is 2.07. The van der Waals surface area contributed by atoms with E-state index in [4.69, 9.17) is 4.74 Å². The van der Waals surface area contributed by atoms with Gasteiger partial charge in [-0.05, 0) is 45.5 Å². The summed E-state index contributed by atoms with van der Waals surface area (Å²) in [5.74, 6) is -1.66. The molecule has 0 fully saturated rings. The Labute approximate surface area is 165 Å². The van der Waals surface area contributed by atoms with Crippen molar-refractivity contribution in [2.24, 2.45) is 0 Å². The Balaban J connectivity index is 2.24. The summed E-state index contributed by atoms with van der Waals surface area (Å²) in [4.78, 5) is 22.2. The van der Waals surface area contributed by atoms with E-state index < -0.39 is 12.1 Å². The molecule has 0 heterocycles. The number of carbonyl (C=O) groups is 2. The Morgan fingerprint density at radius 2 is 1.74 bits per heavy atom. The number of hydrogen-bond donors (Lipinski definition) is 2. The number of ether oxygens (including phenoxy) is 1. The van der Waals surface area contributed by atoms with Crippen LogP contribution in [-0.4, -0.2) is 37.7 Å². The maximum Gasteiger partial charge on any atom is 0.471 e. The van der Waals surface area contributed by atoms with E-state index in [9.17, 15) is 22.8 Å². The first kappa shape index (κ1) is 23.3. The predicted molar refractivity (Wildman–Crippen MR) is 99.6 cm³/mol. The van der Waals surface area contributed by atoms with E-state index in [1.165, 1.54) is 5.56 Å². The van der Waals surface area contributed by atoms with Gasteiger partial charge in [0.05, 0.1) is 11.1 Å². The maximum atomic E-state index is 12.0. The van der Waals surface area contributed by atoms with Crippen LogP contribution in [0.5, 0.6) is 5.75 Å². The minimum atomic E-state index is -4.92.